The van der Waals surface area contributed by atoms with Crippen LogP contribution in [0.1, 0.15) is 24.2 Å². The van der Waals surface area contributed by atoms with Crippen LogP contribution < -0.4 is 16.8 Å². The van der Waals surface area contributed by atoms with E-state index in [1.807, 2.05) is 13.8 Å². The van der Waals surface area contributed by atoms with Crippen molar-refractivity contribution >= 4 is 29.9 Å². The molecule has 6 heteroatoms. The highest BCUT2D eigenvalue weighted by Crippen LogP contribution is 2.11. The molecule has 1 atom stereocenters. The Morgan fingerprint density at radius 2 is 1.89 bits per heavy atom. The molecule has 0 fully saturated rings. The first-order valence-electron chi connectivity index (χ1n) is 5.38. The first kappa shape index (κ1) is 16.4. The van der Waals surface area contributed by atoms with Crippen molar-refractivity contribution < 1.29 is 9.59 Å². The number of halogens is 1. The lowest BCUT2D eigenvalue weighted by Crippen LogP contribution is -2.39. The molecule has 0 aliphatic carbocycles. The van der Waals surface area contributed by atoms with Crippen molar-refractivity contribution in [2.24, 2.45) is 17.4 Å². The topological polar surface area (TPSA) is 98.2 Å². The van der Waals surface area contributed by atoms with Crippen molar-refractivity contribution in [3.63, 3.8) is 0 Å². The smallest absolute Gasteiger partial charge is 0.248 e. The van der Waals surface area contributed by atoms with Crippen molar-refractivity contribution in [2.75, 3.05) is 5.32 Å². The van der Waals surface area contributed by atoms with Crippen LogP contribution in [-0.4, -0.2) is 17.9 Å². The highest BCUT2D eigenvalue weighted by Gasteiger charge is 2.17. The van der Waals surface area contributed by atoms with Gasteiger partial charge in [-0.05, 0) is 24.1 Å². The highest BCUT2D eigenvalue weighted by atomic mass is 35.5. The summed E-state index contributed by atoms with van der Waals surface area (Å²) in [7, 11) is 0. The molecule has 0 aliphatic rings. The fraction of sp³-hybridized carbons (Fsp3) is 0.333. The van der Waals surface area contributed by atoms with Crippen LogP contribution in [0.25, 0.3) is 0 Å². The van der Waals surface area contributed by atoms with Crippen LogP contribution in [-0.2, 0) is 4.79 Å². The second kappa shape index (κ2) is 6.98. The van der Waals surface area contributed by atoms with E-state index >= 15 is 0 Å². The van der Waals surface area contributed by atoms with Crippen LogP contribution in [0.15, 0.2) is 24.3 Å². The molecule has 1 aromatic carbocycles. The van der Waals surface area contributed by atoms with E-state index in [1.54, 1.807) is 18.2 Å². The Labute approximate surface area is 112 Å². The molecule has 100 valence electrons. The minimum absolute atomic E-state index is 0. The maximum Gasteiger partial charge on any atom is 0.248 e. The molecule has 2 amide bonds. The normalized spacial score (nSPS) is 11.6. The molecule has 18 heavy (non-hydrogen) atoms. The Bertz CT molecular complexity index is 435. The van der Waals surface area contributed by atoms with Gasteiger partial charge in [0.15, 0.2) is 0 Å². The zero-order valence-corrected chi connectivity index (χ0v) is 11.2. The number of rotatable bonds is 4. The molecule has 5 N–H and O–H groups in total. The standard InChI is InChI=1S/C12H17N3O2.ClH/c1-7(2)10(13)12(17)15-9-5-3-4-8(6-9)11(14)16;/h3-7,10H,13H2,1-2H3,(H2,14,16)(H,15,17);1H/t10-;/m1./s1. The third kappa shape index (κ3) is 4.35. The van der Waals surface area contributed by atoms with Crippen molar-refractivity contribution in [2.45, 2.75) is 19.9 Å². The van der Waals surface area contributed by atoms with Crippen molar-refractivity contribution in [3.8, 4) is 0 Å². The molecule has 0 unspecified atom stereocenters. The van der Waals surface area contributed by atoms with Gasteiger partial charge in [0.1, 0.15) is 0 Å². The van der Waals surface area contributed by atoms with Crippen LogP contribution in [0.4, 0.5) is 5.69 Å². The Morgan fingerprint density at radius 3 is 2.39 bits per heavy atom. The molecule has 0 saturated carbocycles. The number of benzene rings is 1. The number of hydrogen-bond donors (Lipinski definition) is 3. The minimum Gasteiger partial charge on any atom is -0.366 e. The number of nitrogens with one attached hydrogen (secondary N) is 1. The lowest BCUT2D eigenvalue weighted by Gasteiger charge is -2.15. The first-order valence-corrected chi connectivity index (χ1v) is 5.38. The van der Waals surface area contributed by atoms with Gasteiger partial charge in [0.25, 0.3) is 0 Å². The molecule has 0 saturated heterocycles. The van der Waals surface area contributed by atoms with Gasteiger partial charge in [-0.3, -0.25) is 9.59 Å². The van der Waals surface area contributed by atoms with Crippen LogP contribution in [0.5, 0.6) is 0 Å². The van der Waals surface area contributed by atoms with Crippen molar-refractivity contribution in [1.82, 2.24) is 0 Å². The number of hydrogen-bond acceptors (Lipinski definition) is 3. The molecule has 0 radical (unpaired) electrons. The van der Waals surface area contributed by atoms with Gasteiger partial charge in [0, 0.05) is 11.3 Å². The number of amides is 2. The molecule has 0 aromatic heterocycles. The monoisotopic (exact) mass is 271 g/mol. The summed E-state index contributed by atoms with van der Waals surface area (Å²) < 4.78 is 0. The predicted octanol–water partition coefficient (Wildman–Crippen LogP) is 1.13. The Hall–Kier alpha value is -1.59. The van der Waals surface area contributed by atoms with Crippen LogP contribution in [0.3, 0.4) is 0 Å². The van der Waals surface area contributed by atoms with Crippen LogP contribution in [0, 0.1) is 5.92 Å². The van der Waals surface area contributed by atoms with E-state index < -0.39 is 11.9 Å². The summed E-state index contributed by atoms with van der Waals surface area (Å²) in [6.45, 7) is 3.73. The summed E-state index contributed by atoms with van der Waals surface area (Å²) in [5.41, 5.74) is 11.7. The van der Waals surface area contributed by atoms with Gasteiger partial charge >= 0.3 is 0 Å². The summed E-state index contributed by atoms with van der Waals surface area (Å²) in [6.07, 6.45) is 0. The number of carbonyl (C=O) groups is 2. The van der Waals surface area contributed by atoms with E-state index in [0.29, 0.717) is 11.3 Å². The van der Waals surface area contributed by atoms with E-state index in [1.165, 1.54) is 6.07 Å². The van der Waals surface area contributed by atoms with Gasteiger partial charge in [0.2, 0.25) is 11.8 Å². The summed E-state index contributed by atoms with van der Waals surface area (Å²) >= 11 is 0. The lowest BCUT2D eigenvalue weighted by atomic mass is 10.0. The van der Waals surface area contributed by atoms with E-state index in [2.05, 4.69) is 5.32 Å². The average Bonchev–Trinajstić information content (AvgIpc) is 2.28. The number of carbonyl (C=O) groups excluding carboxylic acids is 2. The van der Waals surface area contributed by atoms with Crippen molar-refractivity contribution in [3.05, 3.63) is 29.8 Å². The highest BCUT2D eigenvalue weighted by molar-refractivity contribution is 5.97. The number of primary amides is 1. The molecule has 0 heterocycles. The molecular weight excluding hydrogens is 254 g/mol. The quantitative estimate of drug-likeness (QED) is 0.765. The lowest BCUT2D eigenvalue weighted by molar-refractivity contribution is -0.118. The van der Waals surface area contributed by atoms with Crippen LogP contribution in [0.2, 0.25) is 0 Å². The van der Waals surface area contributed by atoms with E-state index in [4.69, 9.17) is 11.5 Å². The maximum absolute atomic E-state index is 11.7. The Balaban J connectivity index is 0.00000289. The van der Waals surface area contributed by atoms with Gasteiger partial charge in [0.05, 0.1) is 6.04 Å². The molecule has 1 aromatic rings. The minimum atomic E-state index is -0.577. The summed E-state index contributed by atoms with van der Waals surface area (Å²) in [5.74, 6) is -0.759. The molecule has 0 spiro atoms. The average molecular weight is 272 g/mol. The molecule has 0 aliphatic heterocycles. The molecule has 1 rings (SSSR count). The number of anilines is 1. The summed E-state index contributed by atoms with van der Waals surface area (Å²) in [5, 5.41) is 2.65. The van der Waals surface area contributed by atoms with Gasteiger partial charge in [-0.25, -0.2) is 0 Å². The van der Waals surface area contributed by atoms with E-state index in [-0.39, 0.29) is 24.2 Å². The predicted molar refractivity (Wildman–Crippen MR) is 73.7 cm³/mol. The summed E-state index contributed by atoms with van der Waals surface area (Å²) in [6, 6.07) is 5.86. The SMILES string of the molecule is CC(C)[C@@H](N)C(=O)Nc1cccc(C(N)=O)c1.Cl. The second-order valence-electron chi connectivity index (χ2n) is 4.20. The maximum atomic E-state index is 11.7. The largest absolute Gasteiger partial charge is 0.366 e. The first-order chi connectivity index (χ1) is 7.91. The summed E-state index contributed by atoms with van der Waals surface area (Å²) in [4.78, 5) is 22.6. The second-order valence-corrected chi connectivity index (χ2v) is 4.20. The third-order valence-electron chi connectivity index (χ3n) is 2.44. The number of nitrogens with two attached hydrogens (primary N) is 2. The van der Waals surface area contributed by atoms with Gasteiger partial charge in [-0.2, -0.15) is 0 Å². The van der Waals surface area contributed by atoms with Crippen molar-refractivity contribution in [1.29, 1.82) is 0 Å². The fourth-order valence-corrected chi connectivity index (χ4v) is 1.28. The zero-order valence-electron chi connectivity index (χ0n) is 10.3. The third-order valence-corrected chi connectivity index (χ3v) is 2.44. The fourth-order valence-electron chi connectivity index (χ4n) is 1.28. The molecule has 0 bridgehead atoms. The Kier molecular flexibility index (Phi) is 6.36. The van der Waals surface area contributed by atoms with E-state index in [0.717, 1.165) is 0 Å². The molecular formula is C12H18ClN3O2. The van der Waals surface area contributed by atoms with E-state index in [9.17, 15) is 9.59 Å². The van der Waals surface area contributed by atoms with Gasteiger partial charge in [-0.15, -0.1) is 12.4 Å². The van der Waals surface area contributed by atoms with Crippen LogP contribution >= 0.6 is 12.4 Å². The zero-order chi connectivity index (χ0) is 13.0. The van der Waals surface area contributed by atoms with Gasteiger partial charge in [-0.1, -0.05) is 19.9 Å². The Morgan fingerprint density at radius 1 is 1.28 bits per heavy atom. The van der Waals surface area contributed by atoms with Gasteiger partial charge < -0.3 is 16.8 Å². The molecule has 5 nitrogen and oxygen atoms in total.